The fourth-order valence-corrected chi connectivity index (χ4v) is 3.39. The van der Waals surface area contributed by atoms with Gasteiger partial charge in [-0.3, -0.25) is 4.79 Å². The van der Waals surface area contributed by atoms with Gasteiger partial charge >= 0.3 is 0 Å². The minimum atomic E-state index is -0.000947. The highest BCUT2D eigenvalue weighted by atomic mass is 16.3. The predicted octanol–water partition coefficient (Wildman–Crippen LogP) is 3.93. The van der Waals surface area contributed by atoms with Gasteiger partial charge in [-0.2, -0.15) is 0 Å². The molecular formula is C22H27NO2. The molecule has 132 valence electrons. The minimum Gasteiger partial charge on any atom is -0.395 e. The smallest absolute Gasteiger partial charge is 0.226 e. The van der Waals surface area contributed by atoms with Crippen LogP contribution in [0.1, 0.15) is 48.8 Å². The topological polar surface area (TPSA) is 40.5 Å². The molecule has 1 N–H and O–H groups in total. The van der Waals surface area contributed by atoms with Crippen LogP contribution in [-0.4, -0.2) is 29.1 Å². The third-order valence-electron chi connectivity index (χ3n) is 5.04. The molecule has 0 unspecified atom stereocenters. The van der Waals surface area contributed by atoms with Gasteiger partial charge in [0.25, 0.3) is 0 Å². The molecule has 1 amide bonds. The molecule has 0 aromatic heterocycles. The van der Waals surface area contributed by atoms with Gasteiger partial charge in [0.2, 0.25) is 5.91 Å². The number of aliphatic hydroxyl groups excluding tert-OH is 1. The van der Waals surface area contributed by atoms with Crippen molar-refractivity contribution in [1.82, 2.24) is 4.90 Å². The van der Waals surface area contributed by atoms with E-state index < -0.39 is 0 Å². The number of rotatable bonds is 7. The molecule has 3 nitrogen and oxygen atoms in total. The Morgan fingerprint density at radius 3 is 2.40 bits per heavy atom. The van der Waals surface area contributed by atoms with Crippen LogP contribution in [0.5, 0.6) is 0 Å². The first-order chi connectivity index (χ1) is 12.1. The van der Waals surface area contributed by atoms with Crippen LogP contribution in [0.4, 0.5) is 0 Å². The Hall–Kier alpha value is -2.13. The summed E-state index contributed by atoms with van der Waals surface area (Å²) in [5.74, 6) is 1.07. The third-order valence-corrected chi connectivity index (χ3v) is 5.04. The standard InChI is InChI=1S/C22H27NO2/c1-16(2)18-8-10-19(11-9-18)20-14-21(20)22(25)23(12-13-24)15-17-6-4-3-5-7-17/h3-11,16,20-21,24H,12-15H2,1-2H3/t20-,21-/m1/s1. The first-order valence-electron chi connectivity index (χ1n) is 9.13. The summed E-state index contributed by atoms with van der Waals surface area (Å²) in [6, 6.07) is 18.7. The maximum absolute atomic E-state index is 12.9. The second kappa shape index (κ2) is 7.83. The van der Waals surface area contributed by atoms with Gasteiger partial charge in [0.05, 0.1) is 6.61 Å². The predicted molar refractivity (Wildman–Crippen MR) is 100 cm³/mol. The van der Waals surface area contributed by atoms with E-state index >= 15 is 0 Å². The fraction of sp³-hybridized carbons (Fsp3) is 0.409. The van der Waals surface area contributed by atoms with Crippen LogP contribution < -0.4 is 0 Å². The molecule has 2 aromatic rings. The molecule has 1 aliphatic rings. The van der Waals surface area contributed by atoms with Crippen molar-refractivity contribution < 1.29 is 9.90 Å². The second-order valence-electron chi connectivity index (χ2n) is 7.24. The lowest BCUT2D eigenvalue weighted by atomic mass is 10.00. The van der Waals surface area contributed by atoms with Crippen molar-refractivity contribution in [3.8, 4) is 0 Å². The Kier molecular flexibility index (Phi) is 5.54. The van der Waals surface area contributed by atoms with Gasteiger partial charge in [0.1, 0.15) is 0 Å². The summed E-state index contributed by atoms with van der Waals surface area (Å²) in [6.45, 7) is 5.33. The lowest BCUT2D eigenvalue weighted by Crippen LogP contribution is -2.34. The zero-order valence-corrected chi connectivity index (χ0v) is 15.1. The lowest BCUT2D eigenvalue weighted by molar-refractivity contribution is -0.133. The van der Waals surface area contributed by atoms with Gasteiger partial charge in [0.15, 0.2) is 0 Å². The number of hydrogen-bond donors (Lipinski definition) is 1. The number of benzene rings is 2. The highest BCUT2D eigenvalue weighted by Gasteiger charge is 2.45. The number of carbonyl (C=O) groups excluding carboxylic acids is 1. The summed E-state index contributed by atoms with van der Waals surface area (Å²) >= 11 is 0. The Morgan fingerprint density at radius 1 is 1.12 bits per heavy atom. The van der Waals surface area contributed by atoms with E-state index in [4.69, 9.17) is 0 Å². The van der Waals surface area contributed by atoms with Crippen molar-refractivity contribution in [2.24, 2.45) is 5.92 Å². The van der Waals surface area contributed by atoms with E-state index in [1.54, 1.807) is 4.90 Å². The number of amides is 1. The molecule has 3 heteroatoms. The van der Waals surface area contributed by atoms with Crippen LogP contribution in [0.3, 0.4) is 0 Å². The van der Waals surface area contributed by atoms with Crippen molar-refractivity contribution in [3.05, 3.63) is 71.3 Å². The first kappa shape index (κ1) is 17.7. The normalized spacial score (nSPS) is 19.0. The van der Waals surface area contributed by atoms with E-state index in [9.17, 15) is 9.90 Å². The van der Waals surface area contributed by atoms with Crippen LogP contribution in [-0.2, 0) is 11.3 Å². The largest absolute Gasteiger partial charge is 0.395 e. The number of carbonyl (C=O) groups is 1. The van der Waals surface area contributed by atoms with E-state index in [1.165, 1.54) is 11.1 Å². The van der Waals surface area contributed by atoms with Crippen molar-refractivity contribution in [3.63, 3.8) is 0 Å². The molecule has 1 saturated carbocycles. The van der Waals surface area contributed by atoms with Crippen LogP contribution in [0.25, 0.3) is 0 Å². The number of hydrogen-bond acceptors (Lipinski definition) is 2. The van der Waals surface area contributed by atoms with E-state index in [2.05, 4.69) is 38.1 Å². The zero-order chi connectivity index (χ0) is 17.8. The summed E-state index contributed by atoms with van der Waals surface area (Å²) in [7, 11) is 0. The zero-order valence-electron chi connectivity index (χ0n) is 15.1. The molecule has 1 fully saturated rings. The van der Waals surface area contributed by atoms with Crippen LogP contribution in [0.2, 0.25) is 0 Å². The maximum Gasteiger partial charge on any atom is 0.226 e. The molecule has 1 aliphatic carbocycles. The molecule has 0 aliphatic heterocycles. The second-order valence-corrected chi connectivity index (χ2v) is 7.24. The Morgan fingerprint density at radius 2 is 1.80 bits per heavy atom. The Bertz CT molecular complexity index is 694. The summed E-state index contributed by atoms with van der Waals surface area (Å²) in [5.41, 5.74) is 3.69. The SMILES string of the molecule is CC(C)c1ccc([C@H]2C[C@H]2C(=O)N(CCO)Cc2ccccc2)cc1. The highest BCUT2D eigenvalue weighted by molar-refractivity contribution is 5.83. The van der Waals surface area contributed by atoms with E-state index in [1.807, 2.05) is 30.3 Å². The van der Waals surface area contributed by atoms with Crippen molar-refractivity contribution in [2.75, 3.05) is 13.2 Å². The van der Waals surface area contributed by atoms with Crippen LogP contribution in [0, 0.1) is 5.92 Å². The molecule has 0 bridgehead atoms. The summed E-state index contributed by atoms with van der Waals surface area (Å²) in [5, 5.41) is 9.34. The van der Waals surface area contributed by atoms with Gasteiger partial charge < -0.3 is 10.0 Å². The molecule has 25 heavy (non-hydrogen) atoms. The fourth-order valence-electron chi connectivity index (χ4n) is 3.39. The summed E-state index contributed by atoms with van der Waals surface area (Å²) in [6.07, 6.45) is 0.913. The van der Waals surface area contributed by atoms with Gasteiger partial charge in [-0.25, -0.2) is 0 Å². The van der Waals surface area contributed by atoms with Gasteiger partial charge in [-0.1, -0.05) is 68.4 Å². The molecule has 0 spiro atoms. The van der Waals surface area contributed by atoms with E-state index in [0.29, 0.717) is 24.9 Å². The molecule has 0 radical (unpaired) electrons. The molecule has 0 saturated heterocycles. The number of nitrogens with zero attached hydrogens (tertiary/aromatic N) is 1. The van der Waals surface area contributed by atoms with E-state index in [0.717, 1.165) is 12.0 Å². The molecule has 2 atom stereocenters. The molecule has 3 rings (SSSR count). The first-order valence-corrected chi connectivity index (χ1v) is 9.13. The quantitative estimate of drug-likeness (QED) is 0.831. The third kappa shape index (κ3) is 4.29. The van der Waals surface area contributed by atoms with Crippen molar-refractivity contribution in [1.29, 1.82) is 0 Å². The molecular weight excluding hydrogens is 310 g/mol. The molecule has 0 heterocycles. The summed E-state index contributed by atoms with van der Waals surface area (Å²) in [4.78, 5) is 14.7. The average molecular weight is 337 g/mol. The monoisotopic (exact) mass is 337 g/mol. The van der Waals surface area contributed by atoms with Crippen LogP contribution in [0.15, 0.2) is 54.6 Å². The van der Waals surface area contributed by atoms with Gasteiger partial charge in [-0.15, -0.1) is 0 Å². The van der Waals surface area contributed by atoms with Crippen molar-refractivity contribution >= 4 is 5.91 Å². The van der Waals surface area contributed by atoms with E-state index in [-0.39, 0.29) is 18.4 Å². The average Bonchev–Trinajstić information content (AvgIpc) is 3.42. The number of aliphatic hydroxyl groups is 1. The maximum atomic E-state index is 12.9. The van der Waals surface area contributed by atoms with Gasteiger partial charge in [-0.05, 0) is 34.9 Å². The Labute approximate surface area is 150 Å². The van der Waals surface area contributed by atoms with Crippen molar-refractivity contribution in [2.45, 2.75) is 38.6 Å². The lowest BCUT2D eigenvalue weighted by Gasteiger charge is -2.22. The summed E-state index contributed by atoms with van der Waals surface area (Å²) < 4.78 is 0. The minimum absolute atomic E-state index is 0.000947. The highest BCUT2D eigenvalue weighted by Crippen LogP contribution is 2.48. The Balaban J connectivity index is 1.65. The molecule has 2 aromatic carbocycles. The van der Waals surface area contributed by atoms with Crippen LogP contribution >= 0.6 is 0 Å². The van der Waals surface area contributed by atoms with Gasteiger partial charge in [0, 0.05) is 19.0 Å².